The minimum atomic E-state index is -3.87. The van der Waals surface area contributed by atoms with Crippen molar-refractivity contribution in [2.45, 2.75) is 5.03 Å². The van der Waals surface area contributed by atoms with Gasteiger partial charge >= 0.3 is 0 Å². The van der Waals surface area contributed by atoms with Gasteiger partial charge in [-0.15, -0.1) is 0 Å². The van der Waals surface area contributed by atoms with Crippen molar-refractivity contribution in [1.82, 2.24) is 24.4 Å². The minimum absolute atomic E-state index is 0.000403. The molecule has 0 aliphatic heterocycles. The molecule has 0 aliphatic carbocycles. The predicted molar refractivity (Wildman–Crippen MR) is 175 cm³/mol. The summed E-state index contributed by atoms with van der Waals surface area (Å²) in [7, 11) is 4.91. The van der Waals surface area contributed by atoms with Gasteiger partial charge in [-0.1, -0.05) is 42.5 Å². The maximum Gasteiger partial charge on any atom is 0.283 e. The highest BCUT2D eigenvalue weighted by atomic mass is 32.2. The number of benzene rings is 3. The second-order valence-corrected chi connectivity index (χ2v) is 13.0. The van der Waals surface area contributed by atoms with Crippen molar-refractivity contribution >= 4 is 49.2 Å². The van der Waals surface area contributed by atoms with E-state index in [0.29, 0.717) is 17.9 Å². The number of hydrogen-bond donors (Lipinski definition) is 1. The van der Waals surface area contributed by atoms with Crippen molar-refractivity contribution in [3.8, 4) is 22.3 Å². The van der Waals surface area contributed by atoms with Crippen molar-refractivity contribution in [2.75, 3.05) is 43.9 Å². The first-order valence-electron chi connectivity index (χ1n) is 14.0. The average molecular weight is 608 g/mol. The predicted octanol–water partition coefficient (Wildman–Crippen LogP) is 5.13. The van der Waals surface area contributed by atoms with E-state index < -0.39 is 10.0 Å². The molecule has 0 fully saturated rings. The van der Waals surface area contributed by atoms with Crippen LogP contribution in [0.2, 0.25) is 0 Å². The molecule has 3 aromatic heterocycles. The fraction of sp³-hybridized carbons (Fsp3) is 0.182. The highest BCUT2D eigenvalue weighted by molar-refractivity contribution is 7.92. The number of aromatic amines is 1. The van der Waals surface area contributed by atoms with E-state index in [4.69, 9.17) is 4.98 Å². The van der Waals surface area contributed by atoms with Crippen LogP contribution in [0.3, 0.4) is 0 Å². The number of hydrogen-bond acceptors (Lipinski definition) is 6. The molecule has 1 N–H and O–H groups in total. The van der Waals surface area contributed by atoms with E-state index in [2.05, 4.69) is 22.1 Å². The number of imidazole rings is 1. The number of rotatable bonds is 8. The zero-order valence-corrected chi connectivity index (χ0v) is 26.0. The lowest BCUT2D eigenvalue weighted by Gasteiger charge is -2.20. The second kappa shape index (κ2) is 11.3. The van der Waals surface area contributed by atoms with E-state index >= 15 is 0 Å². The van der Waals surface area contributed by atoms with Crippen LogP contribution >= 0.6 is 0 Å². The van der Waals surface area contributed by atoms with Crippen LogP contribution in [0.15, 0.2) is 96.5 Å². The summed E-state index contributed by atoms with van der Waals surface area (Å²) < 4.78 is 29.6. The van der Waals surface area contributed by atoms with Gasteiger partial charge < -0.3 is 19.4 Å². The molecule has 0 unspecified atom stereocenters. The molecule has 6 aromatic rings. The van der Waals surface area contributed by atoms with Crippen LogP contribution in [0.1, 0.15) is 0 Å². The summed E-state index contributed by atoms with van der Waals surface area (Å²) in [6.07, 6.45) is 4.81. The molecule has 0 atom stereocenters. The number of anilines is 2. The van der Waals surface area contributed by atoms with E-state index in [1.807, 2.05) is 79.8 Å². The zero-order valence-electron chi connectivity index (χ0n) is 25.2. The molecule has 44 heavy (non-hydrogen) atoms. The van der Waals surface area contributed by atoms with Crippen LogP contribution in [0.25, 0.3) is 44.2 Å². The Morgan fingerprint density at radius 3 is 2.25 bits per heavy atom. The number of nitrogens with zero attached hydrogens (tertiary/aromatic N) is 6. The fourth-order valence-electron chi connectivity index (χ4n) is 5.35. The van der Waals surface area contributed by atoms with Crippen LogP contribution in [0.4, 0.5) is 11.4 Å². The standard InChI is InChI=1S/C33H33N7O3S/c1-37(2)20-30(41)39(4)24-13-11-22(12-14-24)27-18-34-33-32(31(27)23-9-7-6-8-10-23)26-17-25(15-16-28(26)36-33)40(5)44(42,43)29-19-38(3)21-35-29/h6-19,21H,20H2,1-5H3,(H,34,36). The number of fused-ring (bicyclic) bond motifs is 3. The number of amides is 1. The van der Waals surface area contributed by atoms with Crippen molar-refractivity contribution in [3.05, 3.63) is 91.5 Å². The first-order valence-corrected chi connectivity index (χ1v) is 15.5. The van der Waals surface area contributed by atoms with Gasteiger partial charge in [-0.3, -0.25) is 9.10 Å². The molecule has 0 radical (unpaired) electrons. The molecule has 0 bridgehead atoms. The Labute approximate surface area is 256 Å². The molecule has 3 heterocycles. The van der Waals surface area contributed by atoms with Crippen molar-refractivity contribution in [1.29, 1.82) is 0 Å². The molecule has 3 aromatic carbocycles. The van der Waals surface area contributed by atoms with E-state index in [0.717, 1.165) is 44.2 Å². The summed E-state index contributed by atoms with van der Waals surface area (Å²) in [5.74, 6) is 0.000403. The number of pyridine rings is 1. The van der Waals surface area contributed by atoms with Crippen molar-refractivity contribution < 1.29 is 13.2 Å². The lowest BCUT2D eigenvalue weighted by Crippen LogP contribution is -2.34. The highest BCUT2D eigenvalue weighted by Crippen LogP contribution is 2.41. The van der Waals surface area contributed by atoms with E-state index in [9.17, 15) is 13.2 Å². The Bertz CT molecular complexity index is 2100. The van der Waals surface area contributed by atoms with Crippen LogP contribution in [0, 0.1) is 0 Å². The average Bonchev–Trinajstić information content (AvgIpc) is 3.63. The fourth-order valence-corrected chi connectivity index (χ4v) is 6.50. The lowest BCUT2D eigenvalue weighted by molar-refractivity contribution is -0.118. The molecule has 0 aliphatic rings. The van der Waals surface area contributed by atoms with Crippen molar-refractivity contribution in [3.63, 3.8) is 0 Å². The molecule has 0 saturated carbocycles. The van der Waals surface area contributed by atoms with Gasteiger partial charge in [0, 0.05) is 66.6 Å². The second-order valence-electron chi connectivity index (χ2n) is 11.1. The van der Waals surface area contributed by atoms with Crippen LogP contribution in [-0.2, 0) is 21.9 Å². The molecule has 11 heteroatoms. The maximum absolute atomic E-state index is 13.4. The zero-order chi connectivity index (χ0) is 31.2. The van der Waals surface area contributed by atoms with Crippen LogP contribution < -0.4 is 9.21 Å². The minimum Gasteiger partial charge on any atom is -0.339 e. The van der Waals surface area contributed by atoms with Crippen LogP contribution in [-0.4, -0.2) is 73.5 Å². The van der Waals surface area contributed by atoms with Crippen LogP contribution in [0.5, 0.6) is 0 Å². The van der Waals surface area contributed by atoms with E-state index in [1.165, 1.54) is 23.9 Å². The van der Waals surface area contributed by atoms with Gasteiger partial charge in [0.25, 0.3) is 10.0 Å². The van der Waals surface area contributed by atoms with Gasteiger partial charge in [0.2, 0.25) is 5.91 Å². The summed E-state index contributed by atoms with van der Waals surface area (Å²) in [5.41, 5.74) is 6.66. The molecule has 0 spiro atoms. The molecule has 0 saturated heterocycles. The smallest absolute Gasteiger partial charge is 0.283 e. The number of likely N-dealkylation sites (N-methyl/N-ethyl adjacent to an activating group) is 2. The summed E-state index contributed by atoms with van der Waals surface area (Å²) in [6.45, 7) is 0.317. The summed E-state index contributed by atoms with van der Waals surface area (Å²) in [5, 5.41) is 1.71. The topological polar surface area (TPSA) is 107 Å². The van der Waals surface area contributed by atoms with Gasteiger partial charge in [-0.25, -0.2) is 9.97 Å². The van der Waals surface area contributed by atoms with Gasteiger partial charge in [-0.05, 0) is 55.6 Å². The monoisotopic (exact) mass is 607 g/mol. The van der Waals surface area contributed by atoms with Gasteiger partial charge in [-0.2, -0.15) is 8.42 Å². The number of sulfonamides is 1. The molecule has 224 valence electrons. The number of carbonyl (C=O) groups excluding carboxylic acids is 1. The molecule has 6 rings (SSSR count). The summed E-state index contributed by atoms with van der Waals surface area (Å²) in [4.78, 5) is 28.4. The molecule has 10 nitrogen and oxygen atoms in total. The summed E-state index contributed by atoms with van der Waals surface area (Å²) >= 11 is 0. The van der Waals surface area contributed by atoms with E-state index in [1.54, 1.807) is 29.6 Å². The molecular formula is C33H33N7O3S. The van der Waals surface area contributed by atoms with Crippen molar-refractivity contribution in [2.24, 2.45) is 7.05 Å². The van der Waals surface area contributed by atoms with Gasteiger partial charge in [0.1, 0.15) is 5.65 Å². The third-order valence-corrected chi connectivity index (χ3v) is 9.40. The first-order chi connectivity index (χ1) is 21.0. The Morgan fingerprint density at radius 1 is 0.886 bits per heavy atom. The Balaban J connectivity index is 1.50. The first kappa shape index (κ1) is 29.1. The maximum atomic E-state index is 13.4. The number of aryl methyl sites for hydroxylation is 1. The Kier molecular flexibility index (Phi) is 7.44. The number of H-pyrrole nitrogens is 1. The highest BCUT2D eigenvalue weighted by Gasteiger charge is 2.25. The quantitative estimate of drug-likeness (QED) is 0.257. The van der Waals surface area contributed by atoms with E-state index in [-0.39, 0.29) is 10.9 Å². The third kappa shape index (κ3) is 5.20. The SMILES string of the molecule is CN(C)CC(=O)N(C)c1ccc(-c2cnc3[nH]c4ccc(N(C)S(=O)(=O)c5cn(C)cn5)cc4c3c2-c2ccccc2)cc1. The molecular weight excluding hydrogens is 574 g/mol. The molecule has 1 amide bonds. The lowest BCUT2D eigenvalue weighted by atomic mass is 9.92. The number of carbonyl (C=O) groups is 1. The number of aromatic nitrogens is 4. The van der Waals surface area contributed by atoms with Gasteiger partial charge in [0.15, 0.2) is 5.03 Å². The summed E-state index contributed by atoms with van der Waals surface area (Å²) in [6, 6.07) is 23.5. The normalized spacial score (nSPS) is 11.9. The Hall–Kier alpha value is -5.00. The number of nitrogens with one attached hydrogen (secondary N) is 1. The van der Waals surface area contributed by atoms with Gasteiger partial charge in [0.05, 0.1) is 18.6 Å². The largest absolute Gasteiger partial charge is 0.339 e. The Morgan fingerprint density at radius 2 is 1.59 bits per heavy atom. The third-order valence-electron chi connectivity index (χ3n) is 7.73.